The minimum atomic E-state index is 0.638. The van der Waals surface area contributed by atoms with Crippen LogP contribution < -0.4 is 10.6 Å². The van der Waals surface area contributed by atoms with Crippen LogP contribution in [0.15, 0.2) is 18.2 Å². The van der Waals surface area contributed by atoms with E-state index in [0.29, 0.717) is 6.54 Å². The molecule has 0 aliphatic rings. The van der Waals surface area contributed by atoms with Gasteiger partial charge in [-0.2, -0.15) is 0 Å². The highest BCUT2D eigenvalue weighted by atomic mass is 35.5. The molecule has 0 aliphatic heterocycles. The molecule has 96 valence electrons. The third kappa shape index (κ3) is 4.21. The Labute approximate surface area is 110 Å². The third-order valence-electron chi connectivity index (χ3n) is 3.00. The first kappa shape index (κ1) is 14.3. The zero-order chi connectivity index (χ0) is 12.7. The molecule has 1 aromatic carbocycles. The smallest absolute Gasteiger partial charge is 0.0459 e. The number of anilines is 1. The van der Waals surface area contributed by atoms with E-state index in [9.17, 15) is 0 Å². The molecule has 0 bridgehead atoms. The molecule has 0 spiro atoms. The molecular weight excluding hydrogens is 232 g/mol. The molecule has 0 unspecified atom stereocenters. The molecule has 1 rings (SSSR count). The summed E-state index contributed by atoms with van der Waals surface area (Å²) in [4.78, 5) is 2.28. The van der Waals surface area contributed by atoms with Gasteiger partial charge in [-0.25, -0.2) is 0 Å². The first-order valence-electron chi connectivity index (χ1n) is 6.39. The van der Waals surface area contributed by atoms with Gasteiger partial charge in [0.1, 0.15) is 0 Å². The van der Waals surface area contributed by atoms with Gasteiger partial charge in [-0.1, -0.05) is 37.4 Å². The number of halogens is 1. The highest BCUT2D eigenvalue weighted by Gasteiger charge is 2.09. The van der Waals surface area contributed by atoms with Gasteiger partial charge >= 0.3 is 0 Å². The fraction of sp³-hybridized carbons (Fsp3) is 0.571. The molecule has 0 saturated carbocycles. The van der Waals surface area contributed by atoms with Gasteiger partial charge in [0.2, 0.25) is 0 Å². The van der Waals surface area contributed by atoms with Crippen molar-refractivity contribution < 1.29 is 0 Å². The molecule has 0 amide bonds. The van der Waals surface area contributed by atoms with Gasteiger partial charge in [-0.05, 0) is 37.1 Å². The maximum absolute atomic E-state index is 6.23. The van der Waals surface area contributed by atoms with Crippen LogP contribution in [-0.2, 0) is 6.42 Å². The Morgan fingerprint density at radius 2 is 2.06 bits per heavy atom. The third-order valence-corrected chi connectivity index (χ3v) is 3.35. The molecule has 0 aliphatic carbocycles. The second kappa shape index (κ2) is 7.57. The second-order valence-electron chi connectivity index (χ2n) is 4.40. The van der Waals surface area contributed by atoms with E-state index >= 15 is 0 Å². The Morgan fingerprint density at radius 1 is 1.29 bits per heavy atom. The maximum atomic E-state index is 6.23. The summed E-state index contributed by atoms with van der Waals surface area (Å²) in [6.45, 7) is 3.94. The first-order valence-corrected chi connectivity index (χ1v) is 6.77. The summed E-state index contributed by atoms with van der Waals surface area (Å²) in [5.74, 6) is 0. The number of rotatable bonds is 7. The molecular formula is C14H23ClN2. The van der Waals surface area contributed by atoms with Crippen molar-refractivity contribution in [3.8, 4) is 0 Å². The fourth-order valence-corrected chi connectivity index (χ4v) is 2.28. The van der Waals surface area contributed by atoms with Crippen LogP contribution >= 0.6 is 11.6 Å². The van der Waals surface area contributed by atoms with Crippen molar-refractivity contribution in [1.82, 2.24) is 0 Å². The van der Waals surface area contributed by atoms with Crippen molar-refractivity contribution in [3.63, 3.8) is 0 Å². The van der Waals surface area contributed by atoms with Crippen LogP contribution in [0.1, 0.15) is 31.7 Å². The summed E-state index contributed by atoms with van der Waals surface area (Å²) in [6.07, 6.45) is 4.59. The van der Waals surface area contributed by atoms with Crippen molar-refractivity contribution in [2.75, 3.05) is 25.0 Å². The molecule has 17 heavy (non-hydrogen) atoms. The minimum Gasteiger partial charge on any atom is -0.374 e. The van der Waals surface area contributed by atoms with Crippen LogP contribution in [0.25, 0.3) is 0 Å². The average molecular weight is 255 g/mol. The van der Waals surface area contributed by atoms with Crippen molar-refractivity contribution >= 4 is 17.3 Å². The SMILES string of the molecule is CCCCCN(C)c1cccc(Cl)c1CCN. The number of hydrogen-bond donors (Lipinski definition) is 1. The molecule has 0 radical (unpaired) electrons. The summed E-state index contributed by atoms with van der Waals surface area (Å²) in [7, 11) is 2.13. The van der Waals surface area contributed by atoms with Gasteiger partial charge in [-0.3, -0.25) is 0 Å². The van der Waals surface area contributed by atoms with Crippen LogP contribution in [0.4, 0.5) is 5.69 Å². The lowest BCUT2D eigenvalue weighted by atomic mass is 10.1. The molecule has 2 nitrogen and oxygen atoms in total. The number of unbranched alkanes of at least 4 members (excludes halogenated alkanes) is 2. The summed E-state index contributed by atoms with van der Waals surface area (Å²) in [5, 5.41) is 0.829. The van der Waals surface area contributed by atoms with Crippen LogP contribution in [0, 0.1) is 0 Å². The lowest BCUT2D eigenvalue weighted by Crippen LogP contribution is -2.20. The Kier molecular flexibility index (Phi) is 6.38. The number of nitrogens with two attached hydrogens (primary N) is 1. The highest BCUT2D eigenvalue weighted by molar-refractivity contribution is 6.31. The van der Waals surface area contributed by atoms with E-state index in [4.69, 9.17) is 17.3 Å². The number of hydrogen-bond acceptors (Lipinski definition) is 2. The fourth-order valence-electron chi connectivity index (χ4n) is 2.02. The van der Waals surface area contributed by atoms with Crippen LogP contribution in [-0.4, -0.2) is 20.1 Å². The Balaban J connectivity index is 2.77. The molecule has 0 atom stereocenters. The van der Waals surface area contributed by atoms with Crippen molar-refractivity contribution in [2.24, 2.45) is 5.73 Å². The van der Waals surface area contributed by atoms with Crippen LogP contribution in [0.3, 0.4) is 0 Å². The number of benzene rings is 1. The van der Waals surface area contributed by atoms with Crippen molar-refractivity contribution in [1.29, 1.82) is 0 Å². The van der Waals surface area contributed by atoms with Crippen molar-refractivity contribution in [3.05, 3.63) is 28.8 Å². The summed E-state index contributed by atoms with van der Waals surface area (Å²) in [6, 6.07) is 6.08. The van der Waals surface area contributed by atoms with E-state index in [1.165, 1.54) is 30.5 Å². The van der Waals surface area contributed by atoms with E-state index in [1.807, 2.05) is 12.1 Å². The minimum absolute atomic E-state index is 0.638. The summed E-state index contributed by atoms with van der Waals surface area (Å²) in [5.41, 5.74) is 8.04. The molecule has 0 saturated heterocycles. The zero-order valence-corrected chi connectivity index (χ0v) is 11.6. The van der Waals surface area contributed by atoms with Crippen LogP contribution in [0.2, 0.25) is 5.02 Å². The lowest BCUT2D eigenvalue weighted by Gasteiger charge is -2.23. The standard InChI is InChI=1S/C14H23ClN2/c1-3-4-5-11-17(2)14-8-6-7-13(15)12(14)9-10-16/h6-8H,3-5,9-11,16H2,1-2H3. The molecule has 0 heterocycles. The van der Waals surface area contributed by atoms with Crippen molar-refractivity contribution in [2.45, 2.75) is 32.6 Å². The Hall–Kier alpha value is -0.730. The largest absolute Gasteiger partial charge is 0.374 e. The lowest BCUT2D eigenvalue weighted by molar-refractivity contribution is 0.703. The Morgan fingerprint density at radius 3 is 2.71 bits per heavy atom. The topological polar surface area (TPSA) is 29.3 Å². The monoisotopic (exact) mass is 254 g/mol. The van der Waals surface area contributed by atoms with Gasteiger partial charge < -0.3 is 10.6 Å². The highest BCUT2D eigenvalue weighted by Crippen LogP contribution is 2.27. The summed E-state index contributed by atoms with van der Waals surface area (Å²) < 4.78 is 0. The predicted octanol–water partition coefficient (Wildman–Crippen LogP) is 3.47. The molecule has 1 aromatic rings. The quantitative estimate of drug-likeness (QED) is 0.755. The van der Waals surface area contributed by atoms with Gasteiger partial charge in [0, 0.05) is 24.3 Å². The first-order chi connectivity index (χ1) is 8.20. The van der Waals surface area contributed by atoms with E-state index < -0.39 is 0 Å². The number of nitrogens with zero attached hydrogens (tertiary/aromatic N) is 1. The molecule has 3 heteroatoms. The normalized spacial score (nSPS) is 10.6. The van der Waals surface area contributed by atoms with Gasteiger partial charge in [0.25, 0.3) is 0 Å². The second-order valence-corrected chi connectivity index (χ2v) is 4.81. The van der Waals surface area contributed by atoms with Gasteiger partial charge in [0.05, 0.1) is 0 Å². The average Bonchev–Trinajstić information content (AvgIpc) is 2.32. The molecule has 0 fully saturated rings. The summed E-state index contributed by atoms with van der Waals surface area (Å²) >= 11 is 6.23. The van der Waals surface area contributed by atoms with E-state index in [1.54, 1.807) is 0 Å². The van der Waals surface area contributed by atoms with Gasteiger partial charge in [0.15, 0.2) is 0 Å². The van der Waals surface area contributed by atoms with Crippen LogP contribution in [0.5, 0.6) is 0 Å². The molecule has 0 aromatic heterocycles. The molecule has 2 N–H and O–H groups in total. The van der Waals surface area contributed by atoms with E-state index in [0.717, 1.165) is 18.0 Å². The van der Waals surface area contributed by atoms with Gasteiger partial charge in [-0.15, -0.1) is 0 Å². The Bertz CT molecular complexity index is 339. The zero-order valence-electron chi connectivity index (χ0n) is 10.9. The van der Waals surface area contributed by atoms with E-state index in [2.05, 4.69) is 24.9 Å². The maximum Gasteiger partial charge on any atom is 0.0459 e. The van der Waals surface area contributed by atoms with E-state index in [-0.39, 0.29) is 0 Å². The predicted molar refractivity (Wildman–Crippen MR) is 77.0 cm³/mol.